The molecule has 0 fully saturated rings. The summed E-state index contributed by atoms with van der Waals surface area (Å²) in [4.78, 5) is 16.7. The Morgan fingerprint density at radius 3 is 2.43 bits per heavy atom. The van der Waals surface area contributed by atoms with E-state index in [1.165, 1.54) is 0 Å². The molecule has 1 amide bonds. The normalized spacial score (nSPS) is 10.4. The molecule has 4 rings (SSSR count). The summed E-state index contributed by atoms with van der Waals surface area (Å²) in [6, 6.07) is 20.2. The molecule has 2 heterocycles. The molecule has 0 bridgehead atoms. The smallest absolute Gasteiger partial charge is 0.251 e. The van der Waals surface area contributed by atoms with Crippen LogP contribution in [0.2, 0.25) is 0 Å². The zero-order chi connectivity index (χ0) is 19.2. The Morgan fingerprint density at radius 2 is 1.68 bits per heavy atom. The van der Waals surface area contributed by atoms with Gasteiger partial charge >= 0.3 is 0 Å². The molecule has 0 spiro atoms. The summed E-state index contributed by atoms with van der Waals surface area (Å²) >= 11 is 0. The van der Waals surface area contributed by atoms with Crippen LogP contribution in [0, 0.1) is 0 Å². The number of carbonyl (C=O) groups excluding carboxylic acids is 1. The van der Waals surface area contributed by atoms with E-state index in [0.717, 1.165) is 11.3 Å². The van der Waals surface area contributed by atoms with Crippen molar-refractivity contribution in [3.8, 4) is 17.3 Å². The van der Waals surface area contributed by atoms with Crippen molar-refractivity contribution in [2.75, 3.05) is 0 Å². The maximum Gasteiger partial charge on any atom is 0.251 e. The number of nitrogens with zero attached hydrogens (tertiary/aromatic N) is 4. The van der Waals surface area contributed by atoms with Gasteiger partial charge in [0.25, 0.3) is 5.91 Å². The van der Waals surface area contributed by atoms with Gasteiger partial charge in [-0.1, -0.05) is 24.3 Å². The fraction of sp³-hybridized carbons (Fsp3) is 0.0476. The average Bonchev–Trinajstić information content (AvgIpc) is 3.29. The van der Waals surface area contributed by atoms with Gasteiger partial charge < -0.3 is 10.1 Å². The van der Waals surface area contributed by atoms with Gasteiger partial charge in [0.1, 0.15) is 18.4 Å². The number of benzene rings is 2. The molecule has 0 saturated heterocycles. The molecule has 0 aliphatic carbocycles. The van der Waals surface area contributed by atoms with Crippen LogP contribution in [0.5, 0.6) is 11.6 Å². The SMILES string of the molecule is O=C(NCc1ccccc1Oc1ccccn1)c1ccc(-n2cnnc2)cc1. The Kier molecular flexibility index (Phi) is 5.06. The van der Waals surface area contributed by atoms with Crippen LogP contribution in [-0.4, -0.2) is 25.7 Å². The Balaban J connectivity index is 1.42. The van der Waals surface area contributed by atoms with E-state index in [2.05, 4.69) is 20.5 Å². The maximum atomic E-state index is 12.5. The monoisotopic (exact) mass is 371 g/mol. The summed E-state index contributed by atoms with van der Waals surface area (Å²) in [5, 5.41) is 10.5. The van der Waals surface area contributed by atoms with E-state index in [9.17, 15) is 4.79 Å². The molecule has 0 aliphatic heterocycles. The molecule has 4 aromatic rings. The number of hydrogen-bond acceptors (Lipinski definition) is 5. The first-order valence-corrected chi connectivity index (χ1v) is 8.70. The molecule has 0 radical (unpaired) electrons. The molecule has 2 aromatic heterocycles. The van der Waals surface area contributed by atoms with Gasteiger partial charge in [-0.15, -0.1) is 10.2 Å². The lowest BCUT2D eigenvalue weighted by atomic mass is 10.1. The van der Waals surface area contributed by atoms with Crippen molar-refractivity contribution in [1.82, 2.24) is 25.1 Å². The minimum absolute atomic E-state index is 0.164. The zero-order valence-corrected chi connectivity index (χ0v) is 14.9. The van der Waals surface area contributed by atoms with Gasteiger partial charge in [0.05, 0.1) is 0 Å². The number of pyridine rings is 1. The largest absolute Gasteiger partial charge is 0.439 e. The number of nitrogens with one attached hydrogen (secondary N) is 1. The third kappa shape index (κ3) is 4.04. The van der Waals surface area contributed by atoms with E-state index in [4.69, 9.17) is 4.74 Å². The fourth-order valence-corrected chi connectivity index (χ4v) is 2.67. The molecular weight excluding hydrogens is 354 g/mol. The van der Waals surface area contributed by atoms with Gasteiger partial charge in [-0.25, -0.2) is 4.98 Å². The van der Waals surface area contributed by atoms with Crippen molar-refractivity contribution in [2.45, 2.75) is 6.54 Å². The molecule has 0 unspecified atom stereocenters. The minimum atomic E-state index is -0.164. The summed E-state index contributed by atoms with van der Waals surface area (Å²) in [6.45, 7) is 0.342. The number of aromatic nitrogens is 4. The van der Waals surface area contributed by atoms with Crippen molar-refractivity contribution < 1.29 is 9.53 Å². The zero-order valence-electron chi connectivity index (χ0n) is 14.9. The van der Waals surface area contributed by atoms with Crippen LogP contribution in [0.4, 0.5) is 0 Å². The molecule has 28 heavy (non-hydrogen) atoms. The second-order valence-electron chi connectivity index (χ2n) is 5.98. The highest BCUT2D eigenvalue weighted by atomic mass is 16.5. The van der Waals surface area contributed by atoms with Gasteiger partial charge in [-0.2, -0.15) is 0 Å². The van der Waals surface area contributed by atoms with Crippen molar-refractivity contribution in [1.29, 1.82) is 0 Å². The van der Waals surface area contributed by atoms with Gasteiger partial charge in [-0.05, 0) is 36.4 Å². The number of rotatable bonds is 6. The lowest BCUT2D eigenvalue weighted by Gasteiger charge is -2.11. The average molecular weight is 371 g/mol. The number of hydrogen-bond donors (Lipinski definition) is 1. The van der Waals surface area contributed by atoms with Crippen LogP contribution in [0.15, 0.2) is 85.6 Å². The summed E-state index contributed by atoms with van der Waals surface area (Å²) < 4.78 is 7.60. The lowest BCUT2D eigenvalue weighted by Crippen LogP contribution is -2.23. The Morgan fingerprint density at radius 1 is 0.929 bits per heavy atom. The van der Waals surface area contributed by atoms with Gasteiger partial charge in [0.2, 0.25) is 5.88 Å². The van der Waals surface area contributed by atoms with Crippen LogP contribution in [0.25, 0.3) is 5.69 Å². The number of carbonyl (C=O) groups is 1. The molecule has 1 N–H and O–H groups in total. The van der Waals surface area contributed by atoms with E-state index in [1.807, 2.05) is 48.5 Å². The van der Waals surface area contributed by atoms with Crippen molar-refractivity contribution >= 4 is 5.91 Å². The van der Waals surface area contributed by atoms with Crippen LogP contribution in [-0.2, 0) is 6.54 Å². The van der Waals surface area contributed by atoms with E-state index in [1.54, 1.807) is 41.6 Å². The Labute approximate surface area is 161 Å². The molecule has 0 aliphatic rings. The topological polar surface area (TPSA) is 81.9 Å². The van der Waals surface area contributed by atoms with Crippen LogP contribution >= 0.6 is 0 Å². The molecule has 138 valence electrons. The summed E-state index contributed by atoms with van der Waals surface area (Å²) in [6.07, 6.45) is 4.88. The first-order valence-electron chi connectivity index (χ1n) is 8.70. The van der Waals surface area contributed by atoms with E-state index >= 15 is 0 Å². The van der Waals surface area contributed by atoms with Crippen molar-refractivity contribution in [3.63, 3.8) is 0 Å². The summed E-state index contributed by atoms with van der Waals surface area (Å²) in [5.74, 6) is 0.998. The second kappa shape index (κ2) is 8.13. The van der Waals surface area contributed by atoms with Gasteiger partial charge in [0.15, 0.2) is 0 Å². The maximum absolute atomic E-state index is 12.5. The van der Waals surface area contributed by atoms with E-state index < -0.39 is 0 Å². The third-order valence-corrected chi connectivity index (χ3v) is 4.11. The predicted molar refractivity (Wildman–Crippen MR) is 103 cm³/mol. The highest BCUT2D eigenvalue weighted by molar-refractivity contribution is 5.94. The molecule has 0 saturated carbocycles. The van der Waals surface area contributed by atoms with Gasteiger partial charge in [0, 0.05) is 35.6 Å². The van der Waals surface area contributed by atoms with Crippen molar-refractivity contribution in [3.05, 3.63) is 96.7 Å². The highest BCUT2D eigenvalue weighted by Gasteiger charge is 2.09. The van der Waals surface area contributed by atoms with Crippen LogP contribution < -0.4 is 10.1 Å². The molecule has 7 nitrogen and oxygen atoms in total. The fourth-order valence-electron chi connectivity index (χ4n) is 2.67. The standard InChI is InChI=1S/C21H17N5O2/c27-21(16-8-10-18(11-9-16)26-14-24-25-15-26)23-13-17-5-1-2-6-19(17)28-20-7-3-4-12-22-20/h1-12,14-15H,13H2,(H,23,27). The summed E-state index contributed by atoms with van der Waals surface area (Å²) in [5.41, 5.74) is 2.32. The summed E-state index contributed by atoms with van der Waals surface area (Å²) in [7, 11) is 0. The number of amides is 1. The first-order chi connectivity index (χ1) is 13.8. The second-order valence-corrected chi connectivity index (χ2v) is 5.98. The van der Waals surface area contributed by atoms with Crippen molar-refractivity contribution in [2.24, 2.45) is 0 Å². The first kappa shape index (κ1) is 17.4. The van der Waals surface area contributed by atoms with Crippen LogP contribution in [0.1, 0.15) is 15.9 Å². The van der Waals surface area contributed by atoms with Crippen LogP contribution in [0.3, 0.4) is 0 Å². The Hall–Kier alpha value is -4.00. The predicted octanol–water partition coefficient (Wildman–Crippen LogP) is 3.38. The Bertz CT molecular complexity index is 1050. The molecular formula is C21H17N5O2. The molecule has 7 heteroatoms. The lowest BCUT2D eigenvalue weighted by molar-refractivity contribution is 0.0951. The quantitative estimate of drug-likeness (QED) is 0.562. The number of ether oxygens (including phenoxy) is 1. The molecule has 0 atom stereocenters. The molecule has 2 aromatic carbocycles. The number of para-hydroxylation sites is 1. The third-order valence-electron chi connectivity index (χ3n) is 4.11. The van der Waals surface area contributed by atoms with Gasteiger partial charge in [-0.3, -0.25) is 9.36 Å². The van der Waals surface area contributed by atoms with E-state index in [0.29, 0.717) is 23.7 Å². The minimum Gasteiger partial charge on any atom is -0.439 e. The highest BCUT2D eigenvalue weighted by Crippen LogP contribution is 2.23. The van der Waals surface area contributed by atoms with E-state index in [-0.39, 0.29) is 5.91 Å².